The number of alkyl halides is 1. The van der Waals surface area contributed by atoms with Gasteiger partial charge in [0.1, 0.15) is 18.6 Å². The number of aryl methyl sites for hydroxylation is 1. The van der Waals surface area contributed by atoms with Crippen molar-refractivity contribution in [1.29, 1.82) is 0 Å². The molecule has 1 aliphatic rings. The van der Waals surface area contributed by atoms with Crippen molar-refractivity contribution in [3.05, 3.63) is 35.2 Å². The largest absolute Gasteiger partial charge is 0.478 e. The number of nitrogens with zero attached hydrogens (tertiary/aromatic N) is 3. The monoisotopic (exact) mass is 445 g/mol. The van der Waals surface area contributed by atoms with Gasteiger partial charge in [-0.3, -0.25) is 0 Å². The molecule has 0 aliphatic heterocycles. The molecule has 10 heteroatoms. The maximum atomic E-state index is 12.6. The van der Waals surface area contributed by atoms with Crippen molar-refractivity contribution < 1.29 is 24.4 Å². The highest BCUT2D eigenvalue weighted by Crippen LogP contribution is 2.30. The van der Waals surface area contributed by atoms with Crippen molar-refractivity contribution >= 4 is 11.8 Å². The predicted molar refractivity (Wildman–Crippen MR) is 117 cm³/mol. The quantitative estimate of drug-likeness (QED) is 0.376. The average molecular weight is 445 g/mol. The molecule has 2 aromatic heterocycles. The van der Waals surface area contributed by atoms with Gasteiger partial charge in [0.25, 0.3) is 0 Å². The maximum absolute atomic E-state index is 12.6. The molecule has 0 radical (unpaired) electrons. The number of nitrogens with one attached hydrogen (secondary N) is 2. The van der Waals surface area contributed by atoms with Crippen LogP contribution in [-0.4, -0.2) is 75.0 Å². The first kappa shape index (κ1) is 23.7. The molecule has 0 bridgehead atoms. The lowest BCUT2D eigenvalue weighted by Gasteiger charge is -2.20. The van der Waals surface area contributed by atoms with Crippen molar-refractivity contribution in [2.75, 3.05) is 37.1 Å². The SMILES string of the molecule is CCOc1ccc(C#Cc2c(C)nc(NCCF)nc2N[C@@H]2C[C@H](CO)[C@@H](O)[C@H]2O)cn1. The summed E-state index contributed by atoms with van der Waals surface area (Å²) < 4.78 is 17.9. The molecule has 0 saturated heterocycles. The lowest BCUT2D eigenvalue weighted by Crippen LogP contribution is -2.36. The first-order chi connectivity index (χ1) is 15.5. The molecular weight excluding hydrogens is 417 g/mol. The fourth-order valence-corrected chi connectivity index (χ4v) is 3.51. The fraction of sp³-hybridized carbons (Fsp3) is 0.500. The molecule has 32 heavy (non-hydrogen) atoms. The summed E-state index contributed by atoms with van der Waals surface area (Å²) in [5.74, 6) is 6.70. The van der Waals surface area contributed by atoms with Gasteiger partial charge in [-0.2, -0.15) is 4.98 Å². The van der Waals surface area contributed by atoms with Gasteiger partial charge in [0.05, 0.1) is 30.0 Å². The molecule has 0 spiro atoms. The Balaban J connectivity index is 1.91. The van der Waals surface area contributed by atoms with Crippen LogP contribution in [0.5, 0.6) is 5.88 Å². The molecule has 9 nitrogen and oxygen atoms in total. The molecule has 2 heterocycles. The Bertz CT molecular complexity index is 963. The number of anilines is 2. The molecule has 172 valence electrons. The van der Waals surface area contributed by atoms with Crippen molar-refractivity contribution in [3.63, 3.8) is 0 Å². The van der Waals surface area contributed by atoms with E-state index in [2.05, 4.69) is 37.4 Å². The Hall–Kier alpha value is -3.00. The lowest BCUT2D eigenvalue weighted by molar-refractivity contribution is 0.00445. The first-order valence-electron chi connectivity index (χ1n) is 10.5. The van der Waals surface area contributed by atoms with E-state index < -0.39 is 30.8 Å². The second kappa shape index (κ2) is 11.0. The molecule has 0 amide bonds. The molecule has 0 aromatic carbocycles. The van der Waals surface area contributed by atoms with E-state index in [0.29, 0.717) is 41.5 Å². The Morgan fingerprint density at radius 3 is 2.66 bits per heavy atom. The second-order valence-corrected chi connectivity index (χ2v) is 7.45. The molecular formula is C22H28FN5O4. The van der Waals surface area contributed by atoms with Crippen LogP contribution >= 0.6 is 0 Å². The third-order valence-electron chi connectivity index (χ3n) is 5.19. The van der Waals surface area contributed by atoms with Gasteiger partial charge >= 0.3 is 0 Å². The molecule has 5 N–H and O–H groups in total. The predicted octanol–water partition coefficient (Wildman–Crippen LogP) is 0.874. The van der Waals surface area contributed by atoms with Crippen LogP contribution in [0.2, 0.25) is 0 Å². The van der Waals surface area contributed by atoms with Gasteiger partial charge in [-0.1, -0.05) is 11.8 Å². The summed E-state index contributed by atoms with van der Waals surface area (Å²) in [5.41, 5.74) is 1.72. The minimum atomic E-state index is -1.08. The van der Waals surface area contributed by atoms with E-state index in [-0.39, 0.29) is 19.1 Å². The molecule has 3 rings (SSSR count). The van der Waals surface area contributed by atoms with Crippen LogP contribution in [0.15, 0.2) is 18.3 Å². The van der Waals surface area contributed by atoms with E-state index in [4.69, 9.17) is 4.74 Å². The Kier molecular flexibility index (Phi) is 8.16. The van der Waals surface area contributed by atoms with E-state index in [0.717, 1.165) is 0 Å². The number of aromatic nitrogens is 3. The van der Waals surface area contributed by atoms with Gasteiger partial charge in [-0.25, -0.2) is 14.4 Å². The number of halogens is 1. The zero-order valence-corrected chi connectivity index (χ0v) is 18.0. The van der Waals surface area contributed by atoms with Gasteiger partial charge in [-0.05, 0) is 26.3 Å². The van der Waals surface area contributed by atoms with Gasteiger partial charge in [0.2, 0.25) is 11.8 Å². The molecule has 4 atom stereocenters. The number of rotatable bonds is 8. The minimum Gasteiger partial charge on any atom is -0.478 e. The van der Waals surface area contributed by atoms with E-state index in [9.17, 15) is 19.7 Å². The Morgan fingerprint density at radius 1 is 1.22 bits per heavy atom. The summed E-state index contributed by atoms with van der Waals surface area (Å²) in [6.07, 6.45) is -0.179. The van der Waals surface area contributed by atoms with Crippen molar-refractivity contribution in [1.82, 2.24) is 15.0 Å². The first-order valence-corrected chi connectivity index (χ1v) is 10.5. The number of hydrogen-bond acceptors (Lipinski definition) is 9. The van der Waals surface area contributed by atoms with Crippen molar-refractivity contribution in [2.24, 2.45) is 5.92 Å². The Morgan fingerprint density at radius 2 is 2.03 bits per heavy atom. The summed E-state index contributed by atoms with van der Waals surface area (Å²) in [5, 5.41) is 35.9. The summed E-state index contributed by atoms with van der Waals surface area (Å²) in [7, 11) is 0. The van der Waals surface area contributed by atoms with Crippen molar-refractivity contribution in [3.8, 4) is 17.7 Å². The van der Waals surface area contributed by atoms with E-state index in [1.165, 1.54) is 0 Å². The molecule has 1 saturated carbocycles. The normalized spacial score (nSPS) is 22.2. The molecule has 1 fully saturated rings. The number of aliphatic hydroxyl groups is 3. The van der Waals surface area contributed by atoms with Crippen LogP contribution in [0.25, 0.3) is 0 Å². The Labute approximate surface area is 186 Å². The fourth-order valence-electron chi connectivity index (χ4n) is 3.51. The van der Waals surface area contributed by atoms with Crippen LogP contribution in [-0.2, 0) is 0 Å². The smallest absolute Gasteiger partial charge is 0.225 e. The van der Waals surface area contributed by atoms with Gasteiger partial charge in [0.15, 0.2) is 0 Å². The van der Waals surface area contributed by atoms with Crippen LogP contribution in [0, 0.1) is 24.7 Å². The topological polar surface area (TPSA) is 133 Å². The zero-order valence-electron chi connectivity index (χ0n) is 18.0. The average Bonchev–Trinajstić information content (AvgIpc) is 3.06. The molecule has 1 aliphatic carbocycles. The van der Waals surface area contributed by atoms with Crippen LogP contribution < -0.4 is 15.4 Å². The third kappa shape index (κ3) is 5.62. The summed E-state index contributed by atoms with van der Waals surface area (Å²) in [4.78, 5) is 12.9. The number of pyridine rings is 1. The summed E-state index contributed by atoms with van der Waals surface area (Å²) in [6, 6.07) is 2.97. The van der Waals surface area contributed by atoms with Crippen molar-refractivity contribution in [2.45, 2.75) is 38.5 Å². The number of aliphatic hydroxyl groups excluding tert-OH is 3. The lowest BCUT2D eigenvalue weighted by atomic mass is 10.1. The highest BCUT2D eigenvalue weighted by molar-refractivity contribution is 5.60. The zero-order chi connectivity index (χ0) is 23.1. The number of ether oxygens (including phenoxy) is 1. The van der Waals surface area contributed by atoms with E-state index in [1.54, 1.807) is 25.3 Å². The summed E-state index contributed by atoms with van der Waals surface area (Å²) in [6.45, 7) is 3.39. The molecule has 2 aromatic rings. The highest BCUT2D eigenvalue weighted by atomic mass is 19.1. The standard InChI is InChI=1S/C22H28FN5O4/c1-3-32-18-7-5-14(11-25-18)4-6-16-13(2)26-22(24-9-8-23)28-21(16)27-17-10-15(12-29)19(30)20(17)31/h5,7,11,15,17,19-20,29-31H,3,8-10,12H2,1-2H3,(H2,24,26,27,28)/t15-,17-,19-,20+/m1/s1. The van der Waals surface area contributed by atoms with Gasteiger partial charge < -0.3 is 30.7 Å². The summed E-state index contributed by atoms with van der Waals surface area (Å²) >= 11 is 0. The van der Waals surface area contributed by atoms with Crippen LogP contribution in [0.3, 0.4) is 0 Å². The van der Waals surface area contributed by atoms with Crippen LogP contribution in [0.1, 0.15) is 30.2 Å². The van der Waals surface area contributed by atoms with Gasteiger partial charge in [0, 0.05) is 36.9 Å². The molecule has 0 unspecified atom stereocenters. The highest BCUT2D eigenvalue weighted by Gasteiger charge is 2.41. The van der Waals surface area contributed by atoms with Gasteiger partial charge in [-0.15, -0.1) is 0 Å². The number of hydrogen-bond donors (Lipinski definition) is 5. The van der Waals surface area contributed by atoms with Crippen LogP contribution in [0.4, 0.5) is 16.2 Å². The second-order valence-electron chi connectivity index (χ2n) is 7.45. The van der Waals surface area contributed by atoms with E-state index >= 15 is 0 Å². The third-order valence-corrected chi connectivity index (χ3v) is 5.19. The minimum absolute atomic E-state index is 0.0547. The van der Waals surface area contributed by atoms with E-state index in [1.807, 2.05) is 6.92 Å². The maximum Gasteiger partial charge on any atom is 0.225 e.